The Morgan fingerprint density at radius 1 is 1.38 bits per heavy atom. The first-order valence-corrected chi connectivity index (χ1v) is 6.21. The molecule has 0 aliphatic heterocycles. The van der Waals surface area contributed by atoms with E-state index in [9.17, 15) is 8.42 Å². The van der Waals surface area contributed by atoms with Crippen molar-refractivity contribution in [3.8, 4) is 0 Å². The number of aliphatic hydroxyl groups is 1. The van der Waals surface area contributed by atoms with Crippen molar-refractivity contribution in [2.75, 3.05) is 19.4 Å². The molecule has 0 spiro atoms. The lowest BCUT2D eigenvalue weighted by molar-refractivity contribution is 0.148. The van der Waals surface area contributed by atoms with Crippen molar-refractivity contribution < 1.29 is 13.5 Å². The van der Waals surface area contributed by atoms with Crippen LogP contribution in [0, 0.1) is 5.41 Å². The number of aliphatic hydroxyl groups excluding tert-OH is 1. The van der Waals surface area contributed by atoms with Crippen LogP contribution in [0.4, 0.5) is 0 Å². The second kappa shape index (κ2) is 4.93. The van der Waals surface area contributed by atoms with Crippen LogP contribution in [0.5, 0.6) is 0 Å². The third-order valence-electron chi connectivity index (χ3n) is 1.82. The maximum Gasteiger partial charge on any atom is 0.208 e. The Bertz CT molecular complexity index is 234. The second-order valence-electron chi connectivity index (χ2n) is 4.09. The van der Waals surface area contributed by atoms with Crippen LogP contribution < -0.4 is 4.72 Å². The first-order chi connectivity index (χ1) is 5.77. The summed E-state index contributed by atoms with van der Waals surface area (Å²) in [4.78, 5) is 0. The van der Waals surface area contributed by atoms with E-state index in [1.807, 2.05) is 13.8 Å². The predicted molar refractivity (Wildman–Crippen MR) is 52.9 cm³/mol. The van der Waals surface area contributed by atoms with Gasteiger partial charge in [-0.25, -0.2) is 13.1 Å². The van der Waals surface area contributed by atoms with Crippen molar-refractivity contribution >= 4 is 10.0 Å². The standard InChI is InChI=1S/C8H19NO3S/c1-8(2,7-10)5-4-6-9-13(3,11)12/h9-10H,4-7H2,1-3H3. The second-order valence-corrected chi connectivity index (χ2v) is 5.93. The summed E-state index contributed by atoms with van der Waals surface area (Å²) in [6, 6.07) is 0. The fourth-order valence-electron chi connectivity index (χ4n) is 0.904. The van der Waals surface area contributed by atoms with Gasteiger partial charge >= 0.3 is 0 Å². The van der Waals surface area contributed by atoms with E-state index >= 15 is 0 Å². The molecule has 4 nitrogen and oxygen atoms in total. The molecule has 0 saturated carbocycles. The molecule has 0 rings (SSSR count). The summed E-state index contributed by atoms with van der Waals surface area (Å²) in [5.41, 5.74) is -0.112. The van der Waals surface area contributed by atoms with Crippen LogP contribution in [-0.4, -0.2) is 32.9 Å². The molecule has 0 aromatic rings. The van der Waals surface area contributed by atoms with Crippen LogP contribution >= 0.6 is 0 Å². The topological polar surface area (TPSA) is 66.4 Å². The minimum Gasteiger partial charge on any atom is -0.396 e. The van der Waals surface area contributed by atoms with Gasteiger partial charge in [-0.2, -0.15) is 0 Å². The molecule has 0 aliphatic rings. The van der Waals surface area contributed by atoms with Crippen LogP contribution in [0.2, 0.25) is 0 Å². The Kier molecular flexibility index (Phi) is 4.88. The van der Waals surface area contributed by atoms with E-state index in [0.29, 0.717) is 6.54 Å². The van der Waals surface area contributed by atoms with Crippen LogP contribution in [0.3, 0.4) is 0 Å². The molecule has 5 heteroatoms. The van der Waals surface area contributed by atoms with Gasteiger partial charge in [-0.05, 0) is 18.3 Å². The molecule has 0 saturated heterocycles. The molecule has 0 heterocycles. The molecule has 0 radical (unpaired) electrons. The smallest absolute Gasteiger partial charge is 0.208 e. The Hall–Kier alpha value is -0.130. The summed E-state index contributed by atoms with van der Waals surface area (Å²) in [7, 11) is -3.06. The number of sulfonamides is 1. The molecule has 80 valence electrons. The van der Waals surface area contributed by atoms with Gasteiger partial charge in [0.05, 0.1) is 6.26 Å². The molecule has 0 amide bonds. The molecular weight excluding hydrogens is 190 g/mol. The quantitative estimate of drug-likeness (QED) is 0.620. The van der Waals surface area contributed by atoms with Gasteiger partial charge in [0, 0.05) is 13.2 Å². The normalized spacial score (nSPS) is 13.2. The number of hydrogen-bond donors (Lipinski definition) is 2. The van der Waals surface area contributed by atoms with Crippen LogP contribution in [0.25, 0.3) is 0 Å². The minimum absolute atomic E-state index is 0.112. The molecular formula is C8H19NO3S. The summed E-state index contributed by atoms with van der Waals surface area (Å²) in [5, 5.41) is 8.91. The highest BCUT2D eigenvalue weighted by molar-refractivity contribution is 7.88. The molecule has 0 fully saturated rings. The molecule has 0 unspecified atom stereocenters. The Balaban J connectivity index is 3.58. The highest BCUT2D eigenvalue weighted by Gasteiger charge is 2.15. The third kappa shape index (κ3) is 8.21. The van der Waals surface area contributed by atoms with Crippen molar-refractivity contribution in [1.82, 2.24) is 4.72 Å². The van der Waals surface area contributed by atoms with Crippen molar-refractivity contribution in [2.24, 2.45) is 5.41 Å². The zero-order valence-corrected chi connectivity index (χ0v) is 9.32. The number of hydrogen-bond acceptors (Lipinski definition) is 3. The SMILES string of the molecule is CC(C)(CO)CCCNS(C)(=O)=O. The fraction of sp³-hybridized carbons (Fsp3) is 1.00. The Labute approximate surface area is 80.4 Å². The van der Waals surface area contributed by atoms with Gasteiger partial charge in [0.2, 0.25) is 10.0 Å². The fourth-order valence-corrected chi connectivity index (χ4v) is 1.42. The van der Waals surface area contributed by atoms with E-state index in [0.717, 1.165) is 19.1 Å². The maximum absolute atomic E-state index is 10.7. The zero-order chi connectivity index (χ0) is 10.5. The molecule has 0 bridgehead atoms. The van der Waals surface area contributed by atoms with Gasteiger partial charge < -0.3 is 5.11 Å². The average Bonchev–Trinajstić information content (AvgIpc) is 1.97. The summed E-state index contributed by atoms with van der Waals surface area (Å²) in [6.07, 6.45) is 2.71. The largest absolute Gasteiger partial charge is 0.396 e. The Morgan fingerprint density at radius 2 is 1.92 bits per heavy atom. The molecule has 0 aliphatic carbocycles. The lowest BCUT2D eigenvalue weighted by atomic mass is 9.89. The maximum atomic E-state index is 10.7. The van der Waals surface area contributed by atoms with Crippen LogP contribution in [0.15, 0.2) is 0 Å². The van der Waals surface area contributed by atoms with Gasteiger partial charge in [0.15, 0.2) is 0 Å². The molecule has 0 aromatic carbocycles. The number of rotatable bonds is 6. The molecule has 0 aromatic heterocycles. The zero-order valence-electron chi connectivity index (χ0n) is 8.50. The van der Waals surface area contributed by atoms with E-state index in [-0.39, 0.29) is 12.0 Å². The van der Waals surface area contributed by atoms with E-state index < -0.39 is 10.0 Å². The summed E-state index contributed by atoms with van der Waals surface area (Å²) in [5.74, 6) is 0. The first kappa shape index (κ1) is 12.9. The predicted octanol–water partition coefficient (Wildman–Crippen LogP) is 0.334. The first-order valence-electron chi connectivity index (χ1n) is 4.32. The van der Waals surface area contributed by atoms with Crippen molar-refractivity contribution in [2.45, 2.75) is 26.7 Å². The van der Waals surface area contributed by atoms with Gasteiger partial charge in [0.1, 0.15) is 0 Å². The van der Waals surface area contributed by atoms with E-state index in [4.69, 9.17) is 5.11 Å². The Morgan fingerprint density at radius 3 is 2.31 bits per heavy atom. The van der Waals surface area contributed by atoms with Crippen LogP contribution in [-0.2, 0) is 10.0 Å². The van der Waals surface area contributed by atoms with E-state index in [2.05, 4.69) is 4.72 Å². The monoisotopic (exact) mass is 209 g/mol. The molecule has 0 atom stereocenters. The summed E-state index contributed by atoms with van der Waals surface area (Å²) >= 11 is 0. The van der Waals surface area contributed by atoms with Gasteiger partial charge in [-0.15, -0.1) is 0 Å². The van der Waals surface area contributed by atoms with Crippen molar-refractivity contribution in [3.05, 3.63) is 0 Å². The molecule has 2 N–H and O–H groups in total. The highest BCUT2D eigenvalue weighted by Crippen LogP contribution is 2.20. The lowest BCUT2D eigenvalue weighted by Crippen LogP contribution is -2.25. The average molecular weight is 209 g/mol. The van der Waals surface area contributed by atoms with Gasteiger partial charge in [0.25, 0.3) is 0 Å². The summed E-state index contributed by atoms with van der Waals surface area (Å²) < 4.78 is 23.7. The summed E-state index contributed by atoms with van der Waals surface area (Å²) in [6.45, 7) is 4.48. The van der Waals surface area contributed by atoms with Crippen molar-refractivity contribution in [1.29, 1.82) is 0 Å². The van der Waals surface area contributed by atoms with Gasteiger partial charge in [-0.1, -0.05) is 13.8 Å². The van der Waals surface area contributed by atoms with E-state index in [1.165, 1.54) is 0 Å². The van der Waals surface area contributed by atoms with Gasteiger partial charge in [-0.3, -0.25) is 0 Å². The lowest BCUT2D eigenvalue weighted by Gasteiger charge is -2.20. The third-order valence-corrected chi connectivity index (χ3v) is 2.55. The molecule has 13 heavy (non-hydrogen) atoms. The van der Waals surface area contributed by atoms with Crippen LogP contribution in [0.1, 0.15) is 26.7 Å². The highest BCUT2D eigenvalue weighted by atomic mass is 32.2. The van der Waals surface area contributed by atoms with E-state index in [1.54, 1.807) is 0 Å². The minimum atomic E-state index is -3.06. The number of nitrogens with one attached hydrogen (secondary N) is 1. The van der Waals surface area contributed by atoms with Crippen molar-refractivity contribution in [3.63, 3.8) is 0 Å².